The second-order valence-corrected chi connectivity index (χ2v) is 6.26. The van der Waals surface area contributed by atoms with E-state index in [-0.39, 0.29) is 5.91 Å². The summed E-state index contributed by atoms with van der Waals surface area (Å²) in [7, 11) is 0. The lowest BCUT2D eigenvalue weighted by Crippen LogP contribution is -2.38. The van der Waals surface area contributed by atoms with Gasteiger partial charge in [-0.25, -0.2) is 0 Å². The van der Waals surface area contributed by atoms with Gasteiger partial charge in [-0.2, -0.15) is 0 Å². The van der Waals surface area contributed by atoms with Crippen LogP contribution in [0, 0.1) is 5.92 Å². The number of benzene rings is 2. The Balaban J connectivity index is 1.50. The van der Waals surface area contributed by atoms with Crippen LogP contribution in [0.15, 0.2) is 54.6 Å². The predicted octanol–water partition coefficient (Wildman–Crippen LogP) is 3.01. The van der Waals surface area contributed by atoms with Crippen molar-refractivity contribution >= 4 is 5.91 Å². The summed E-state index contributed by atoms with van der Waals surface area (Å²) in [5.41, 5.74) is 3.44. The third-order valence-corrected chi connectivity index (χ3v) is 4.41. The molecule has 3 heteroatoms. The van der Waals surface area contributed by atoms with Crippen molar-refractivity contribution in [1.82, 2.24) is 10.6 Å². The van der Waals surface area contributed by atoms with Gasteiger partial charge in [0.1, 0.15) is 0 Å². The SMILES string of the molecule is O=C(Cc1ccc(-c2ccccc2)cc1)NCC1CCCNC1. The van der Waals surface area contributed by atoms with Crippen LogP contribution in [0.2, 0.25) is 0 Å². The normalized spacial score (nSPS) is 17.7. The maximum atomic E-state index is 12.1. The fraction of sp³-hybridized carbons (Fsp3) is 0.350. The third-order valence-electron chi connectivity index (χ3n) is 4.41. The molecule has 2 N–H and O–H groups in total. The molecule has 1 amide bonds. The molecular weight excluding hydrogens is 284 g/mol. The van der Waals surface area contributed by atoms with E-state index in [4.69, 9.17) is 0 Å². The van der Waals surface area contributed by atoms with Crippen LogP contribution in [0.25, 0.3) is 11.1 Å². The van der Waals surface area contributed by atoms with Crippen LogP contribution in [0.3, 0.4) is 0 Å². The van der Waals surface area contributed by atoms with Crippen LogP contribution in [-0.2, 0) is 11.2 Å². The summed E-state index contributed by atoms with van der Waals surface area (Å²) in [5, 5.41) is 6.45. The van der Waals surface area contributed by atoms with Gasteiger partial charge in [0.25, 0.3) is 0 Å². The monoisotopic (exact) mass is 308 g/mol. The lowest BCUT2D eigenvalue weighted by atomic mass is 9.99. The van der Waals surface area contributed by atoms with Crippen molar-refractivity contribution in [3.8, 4) is 11.1 Å². The second-order valence-electron chi connectivity index (χ2n) is 6.26. The number of hydrogen-bond donors (Lipinski definition) is 2. The number of carbonyl (C=O) groups is 1. The van der Waals surface area contributed by atoms with Gasteiger partial charge in [0.15, 0.2) is 0 Å². The first-order valence-electron chi connectivity index (χ1n) is 8.43. The molecule has 0 aliphatic carbocycles. The van der Waals surface area contributed by atoms with Crippen LogP contribution < -0.4 is 10.6 Å². The van der Waals surface area contributed by atoms with Gasteiger partial charge in [0, 0.05) is 6.54 Å². The standard InChI is InChI=1S/C20H24N2O/c23-20(22-15-17-5-4-12-21-14-17)13-16-8-10-19(11-9-16)18-6-2-1-3-7-18/h1-3,6-11,17,21H,4-5,12-15H2,(H,22,23). The van der Waals surface area contributed by atoms with Gasteiger partial charge in [-0.05, 0) is 48.5 Å². The Hall–Kier alpha value is -2.13. The van der Waals surface area contributed by atoms with Crippen LogP contribution in [0.4, 0.5) is 0 Å². The van der Waals surface area contributed by atoms with E-state index in [2.05, 4.69) is 34.9 Å². The first-order chi connectivity index (χ1) is 11.3. The first kappa shape index (κ1) is 15.8. The van der Waals surface area contributed by atoms with E-state index in [9.17, 15) is 4.79 Å². The van der Waals surface area contributed by atoms with Crippen molar-refractivity contribution in [2.75, 3.05) is 19.6 Å². The molecule has 0 spiro atoms. The molecule has 0 aromatic heterocycles. The summed E-state index contributed by atoms with van der Waals surface area (Å²) < 4.78 is 0. The zero-order valence-electron chi connectivity index (χ0n) is 13.4. The first-order valence-corrected chi connectivity index (χ1v) is 8.43. The Bertz CT molecular complexity index is 616. The van der Waals surface area contributed by atoms with Crippen molar-refractivity contribution in [1.29, 1.82) is 0 Å². The highest BCUT2D eigenvalue weighted by Gasteiger charge is 2.13. The number of amides is 1. The van der Waals surface area contributed by atoms with E-state index in [0.717, 1.165) is 25.2 Å². The molecule has 1 heterocycles. The Morgan fingerprint density at radius 2 is 1.78 bits per heavy atom. The van der Waals surface area contributed by atoms with Crippen molar-refractivity contribution in [3.63, 3.8) is 0 Å². The second kappa shape index (κ2) is 7.93. The quantitative estimate of drug-likeness (QED) is 0.891. The zero-order chi connectivity index (χ0) is 15.9. The molecule has 23 heavy (non-hydrogen) atoms. The minimum Gasteiger partial charge on any atom is -0.355 e. The molecule has 3 nitrogen and oxygen atoms in total. The number of carbonyl (C=O) groups excluding carboxylic acids is 1. The van der Waals surface area contributed by atoms with Crippen LogP contribution in [-0.4, -0.2) is 25.5 Å². The van der Waals surface area contributed by atoms with E-state index in [1.165, 1.54) is 24.0 Å². The molecule has 1 saturated heterocycles. The molecule has 0 bridgehead atoms. The van der Waals surface area contributed by atoms with E-state index >= 15 is 0 Å². The molecule has 120 valence electrons. The molecule has 0 radical (unpaired) electrons. The van der Waals surface area contributed by atoms with E-state index in [0.29, 0.717) is 12.3 Å². The number of hydrogen-bond acceptors (Lipinski definition) is 2. The summed E-state index contributed by atoms with van der Waals surface area (Å²) in [4.78, 5) is 12.1. The van der Waals surface area contributed by atoms with E-state index in [1.807, 2.05) is 30.3 Å². The fourth-order valence-corrected chi connectivity index (χ4v) is 3.05. The fourth-order valence-electron chi connectivity index (χ4n) is 3.05. The molecule has 1 fully saturated rings. The lowest BCUT2D eigenvalue weighted by Gasteiger charge is -2.22. The minimum atomic E-state index is 0.114. The predicted molar refractivity (Wildman–Crippen MR) is 94.2 cm³/mol. The van der Waals surface area contributed by atoms with Crippen LogP contribution in [0.5, 0.6) is 0 Å². The Morgan fingerprint density at radius 3 is 2.48 bits per heavy atom. The maximum absolute atomic E-state index is 12.1. The highest BCUT2D eigenvalue weighted by atomic mass is 16.1. The largest absolute Gasteiger partial charge is 0.355 e. The molecular formula is C20H24N2O. The van der Waals surface area contributed by atoms with Gasteiger partial charge in [0.05, 0.1) is 6.42 Å². The van der Waals surface area contributed by atoms with Crippen molar-refractivity contribution in [2.24, 2.45) is 5.92 Å². The molecule has 2 aromatic carbocycles. The topological polar surface area (TPSA) is 41.1 Å². The van der Waals surface area contributed by atoms with Crippen molar-refractivity contribution in [2.45, 2.75) is 19.3 Å². The Morgan fingerprint density at radius 1 is 1.04 bits per heavy atom. The molecule has 2 aromatic rings. The van der Waals surface area contributed by atoms with Gasteiger partial charge in [-0.3, -0.25) is 4.79 Å². The number of piperidine rings is 1. The smallest absolute Gasteiger partial charge is 0.224 e. The summed E-state index contributed by atoms with van der Waals surface area (Å²) >= 11 is 0. The number of nitrogens with one attached hydrogen (secondary N) is 2. The molecule has 1 unspecified atom stereocenters. The van der Waals surface area contributed by atoms with Gasteiger partial charge in [-0.1, -0.05) is 54.6 Å². The molecule has 1 atom stereocenters. The summed E-state index contributed by atoms with van der Waals surface area (Å²) in [5.74, 6) is 0.691. The molecule has 1 aliphatic heterocycles. The highest BCUT2D eigenvalue weighted by molar-refractivity contribution is 5.78. The average molecular weight is 308 g/mol. The summed E-state index contributed by atoms with van der Waals surface area (Å²) in [6, 6.07) is 18.6. The van der Waals surface area contributed by atoms with Crippen LogP contribution >= 0.6 is 0 Å². The number of rotatable bonds is 5. The molecule has 3 rings (SSSR count). The zero-order valence-corrected chi connectivity index (χ0v) is 13.4. The van der Waals surface area contributed by atoms with Gasteiger partial charge in [-0.15, -0.1) is 0 Å². The average Bonchev–Trinajstić information content (AvgIpc) is 2.62. The van der Waals surface area contributed by atoms with Crippen molar-refractivity contribution in [3.05, 3.63) is 60.2 Å². The van der Waals surface area contributed by atoms with Gasteiger partial charge in [0.2, 0.25) is 5.91 Å². The summed E-state index contributed by atoms with van der Waals surface area (Å²) in [6.07, 6.45) is 2.87. The van der Waals surface area contributed by atoms with Gasteiger partial charge >= 0.3 is 0 Å². The van der Waals surface area contributed by atoms with Gasteiger partial charge < -0.3 is 10.6 Å². The molecule has 0 saturated carbocycles. The van der Waals surface area contributed by atoms with E-state index < -0.39 is 0 Å². The molecule has 1 aliphatic rings. The maximum Gasteiger partial charge on any atom is 0.224 e. The summed E-state index contributed by atoms with van der Waals surface area (Å²) in [6.45, 7) is 2.91. The van der Waals surface area contributed by atoms with Crippen molar-refractivity contribution < 1.29 is 4.79 Å². The Labute approximate surface area is 138 Å². The lowest BCUT2D eigenvalue weighted by molar-refractivity contribution is -0.120. The highest BCUT2D eigenvalue weighted by Crippen LogP contribution is 2.19. The van der Waals surface area contributed by atoms with E-state index in [1.54, 1.807) is 0 Å². The Kier molecular flexibility index (Phi) is 5.43. The van der Waals surface area contributed by atoms with Crippen LogP contribution in [0.1, 0.15) is 18.4 Å². The minimum absolute atomic E-state index is 0.114. The third kappa shape index (κ3) is 4.67.